The van der Waals surface area contributed by atoms with Crippen LogP contribution in [0.5, 0.6) is 0 Å². The summed E-state index contributed by atoms with van der Waals surface area (Å²) >= 11 is 0. The fourth-order valence-corrected chi connectivity index (χ4v) is 7.08. The number of quaternary nitrogens is 1. The standard InChI is InChI=1S/C50H90NO8P/c1-6-8-10-12-14-16-17-18-19-20-21-22-23-24-25-26-27-28-29-30-31-32-33-35-37-39-41-43-50(53)59-48(47-58-60(54,55)57-45-44-51(3,4)5)46-56-49(52)42-40-38-36-34-15-13-11-9-7-2/h8,10,14,16,18-19,21-22,24-25,48H,6-7,9,11-13,15,17,20,23,26-47H2,1-5H3/p+1/b10-8-,16-14-,19-18-,22-21-,25-24-. The maximum Gasteiger partial charge on any atom is 0.472 e. The van der Waals surface area contributed by atoms with Gasteiger partial charge in [0.15, 0.2) is 6.10 Å². The Labute approximate surface area is 368 Å². The predicted molar refractivity (Wildman–Crippen MR) is 252 cm³/mol. The second kappa shape index (κ2) is 42.0. The molecule has 0 aliphatic rings. The number of allylic oxidation sites excluding steroid dienone is 10. The van der Waals surface area contributed by atoms with Gasteiger partial charge in [-0.3, -0.25) is 18.6 Å². The molecular weight excluding hydrogens is 774 g/mol. The zero-order valence-corrected chi connectivity index (χ0v) is 40.1. The third kappa shape index (κ3) is 45.2. The lowest BCUT2D eigenvalue weighted by molar-refractivity contribution is -0.870. The van der Waals surface area contributed by atoms with Gasteiger partial charge < -0.3 is 18.9 Å². The fraction of sp³-hybridized carbons (Fsp3) is 0.760. The number of likely N-dealkylation sites (N-methyl/N-ethyl adjacent to an activating group) is 1. The van der Waals surface area contributed by atoms with Gasteiger partial charge in [0.1, 0.15) is 19.8 Å². The first kappa shape index (κ1) is 57.7. The van der Waals surface area contributed by atoms with Crippen LogP contribution in [0.3, 0.4) is 0 Å². The van der Waals surface area contributed by atoms with Crippen LogP contribution in [0, 0.1) is 0 Å². The maximum atomic E-state index is 12.7. The number of unbranched alkanes of at least 4 members (excludes halogenated alkanes) is 19. The van der Waals surface area contributed by atoms with Gasteiger partial charge in [-0.1, -0.05) is 184 Å². The Morgan fingerprint density at radius 2 is 0.950 bits per heavy atom. The molecule has 0 fully saturated rings. The Balaban J connectivity index is 4.15. The molecule has 10 heteroatoms. The number of esters is 2. The Morgan fingerprint density at radius 1 is 0.533 bits per heavy atom. The van der Waals surface area contributed by atoms with Gasteiger partial charge in [0.25, 0.3) is 0 Å². The van der Waals surface area contributed by atoms with Gasteiger partial charge in [-0.2, -0.15) is 0 Å². The van der Waals surface area contributed by atoms with Crippen molar-refractivity contribution in [3.63, 3.8) is 0 Å². The van der Waals surface area contributed by atoms with Crippen LogP contribution in [0.1, 0.15) is 194 Å². The van der Waals surface area contributed by atoms with E-state index in [4.69, 9.17) is 18.5 Å². The van der Waals surface area contributed by atoms with Crippen LogP contribution in [0.25, 0.3) is 0 Å². The molecule has 0 rings (SSSR count). The summed E-state index contributed by atoms with van der Waals surface area (Å²) < 4.78 is 34.3. The molecule has 0 amide bonds. The van der Waals surface area contributed by atoms with Crippen LogP contribution in [0.15, 0.2) is 60.8 Å². The van der Waals surface area contributed by atoms with E-state index in [-0.39, 0.29) is 32.0 Å². The van der Waals surface area contributed by atoms with E-state index >= 15 is 0 Å². The van der Waals surface area contributed by atoms with Crippen molar-refractivity contribution in [1.82, 2.24) is 0 Å². The summed E-state index contributed by atoms with van der Waals surface area (Å²) in [6.07, 6.45) is 51.4. The smallest absolute Gasteiger partial charge is 0.462 e. The molecule has 0 aromatic heterocycles. The molecule has 60 heavy (non-hydrogen) atoms. The Hall–Kier alpha value is -2.29. The molecule has 0 bridgehead atoms. The number of phosphoric acid groups is 1. The third-order valence-corrected chi connectivity index (χ3v) is 11.0. The number of hydrogen-bond acceptors (Lipinski definition) is 7. The molecule has 2 unspecified atom stereocenters. The molecule has 9 nitrogen and oxygen atoms in total. The van der Waals surface area contributed by atoms with E-state index in [1.807, 2.05) is 21.1 Å². The average Bonchev–Trinajstić information content (AvgIpc) is 3.20. The molecule has 0 heterocycles. The molecule has 0 aromatic carbocycles. The minimum atomic E-state index is -4.37. The van der Waals surface area contributed by atoms with E-state index in [9.17, 15) is 19.0 Å². The van der Waals surface area contributed by atoms with Crippen LogP contribution >= 0.6 is 7.82 Å². The van der Waals surface area contributed by atoms with Crippen molar-refractivity contribution in [2.75, 3.05) is 47.5 Å². The first-order valence-electron chi connectivity index (χ1n) is 24.0. The van der Waals surface area contributed by atoms with Crippen molar-refractivity contribution in [3.05, 3.63) is 60.8 Å². The van der Waals surface area contributed by atoms with E-state index in [1.54, 1.807) is 0 Å². The molecular formula is C50H91NO8P+. The lowest BCUT2D eigenvalue weighted by Crippen LogP contribution is -2.37. The van der Waals surface area contributed by atoms with Crippen molar-refractivity contribution < 1.29 is 42.1 Å². The summed E-state index contributed by atoms with van der Waals surface area (Å²) in [6.45, 7) is 4.28. The summed E-state index contributed by atoms with van der Waals surface area (Å²) in [4.78, 5) is 35.3. The summed E-state index contributed by atoms with van der Waals surface area (Å²) in [6, 6.07) is 0. The summed E-state index contributed by atoms with van der Waals surface area (Å²) in [7, 11) is 1.47. The van der Waals surface area contributed by atoms with Crippen molar-refractivity contribution in [2.45, 2.75) is 200 Å². The van der Waals surface area contributed by atoms with Gasteiger partial charge in [-0.05, 0) is 57.8 Å². The minimum Gasteiger partial charge on any atom is -0.462 e. The van der Waals surface area contributed by atoms with Crippen LogP contribution < -0.4 is 0 Å². The van der Waals surface area contributed by atoms with Gasteiger partial charge in [0, 0.05) is 12.8 Å². The molecule has 0 aromatic rings. The second-order valence-electron chi connectivity index (χ2n) is 17.1. The van der Waals surface area contributed by atoms with Crippen molar-refractivity contribution >= 4 is 19.8 Å². The Kier molecular flexibility index (Phi) is 40.4. The SMILES string of the molecule is CC/C=C\C/C=C\C/C=C\C/C=C\C/C=C\CCCCCCCCCCCCCC(=O)OC(COC(=O)CCCCCCCCCCC)COP(=O)(O)OCC[N+](C)(C)C. The van der Waals surface area contributed by atoms with Gasteiger partial charge in [0.2, 0.25) is 0 Å². The highest BCUT2D eigenvalue weighted by Crippen LogP contribution is 2.43. The van der Waals surface area contributed by atoms with E-state index in [1.165, 1.54) is 89.9 Å². The van der Waals surface area contributed by atoms with E-state index < -0.39 is 26.5 Å². The van der Waals surface area contributed by atoms with Crippen molar-refractivity contribution in [1.29, 1.82) is 0 Å². The highest BCUT2D eigenvalue weighted by molar-refractivity contribution is 7.47. The number of phosphoric ester groups is 1. The first-order chi connectivity index (χ1) is 29.0. The maximum absolute atomic E-state index is 12.7. The lowest BCUT2D eigenvalue weighted by atomic mass is 10.0. The zero-order chi connectivity index (χ0) is 44.3. The van der Waals surface area contributed by atoms with Gasteiger partial charge in [0.05, 0.1) is 27.7 Å². The summed E-state index contributed by atoms with van der Waals surface area (Å²) in [5, 5.41) is 0. The highest BCUT2D eigenvalue weighted by atomic mass is 31.2. The zero-order valence-electron chi connectivity index (χ0n) is 39.2. The summed E-state index contributed by atoms with van der Waals surface area (Å²) in [5.74, 6) is -0.804. The predicted octanol–water partition coefficient (Wildman–Crippen LogP) is 14.0. The third-order valence-electron chi connectivity index (χ3n) is 10.1. The van der Waals surface area contributed by atoms with E-state index in [2.05, 4.69) is 74.6 Å². The fourth-order valence-electron chi connectivity index (χ4n) is 6.33. The minimum absolute atomic E-state index is 0.0302. The lowest BCUT2D eigenvalue weighted by Gasteiger charge is -2.24. The van der Waals surface area contributed by atoms with Gasteiger partial charge >= 0.3 is 19.8 Å². The molecule has 2 atom stereocenters. The van der Waals surface area contributed by atoms with Crippen molar-refractivity contribution in [3.8, 4) is 0 Å². The molecule has 1 N–H and O–H groups in total. The topological polar surface area (TPSA) is 108 Å². The number of hydrogen-bond donors (Lipinski definition) is 1. The van der Waals surface area contributed by atoms with Crippen LogP contribution in [0.2, 0.25) is 0 Å². The first-order valence-corrected chi connectivity index (χ1v) is 25.5. The quantitative estimate of drug-likeness (QED) is 0.0212. The van der Waals surface area contributed by atoms with Crippen molar-refractivity contribution in [2.24, 2.45) is 0 Å². The second-order valence-corrected chi connectivity index (χ2v) is 18.6. The normalized spacial score (nSPS) is 14.0. The van der Waals surface area contributed by atoms with E-state index in [0.29, 0.717) is 17.4 Å². The van der Waals surface area contributed by atoms with E-state index in [0.717, 1.165) is 70.6 Å². The Bertz CT molecular complexity index is 1210. The highest BCUT2D eigenvalue weighted by Gasteiger charge is 2.27. The molecule has 0 spiro atoms. The van der Waals surface area contributed by atoms with Gasteiger partial charge in [-0.25, -0.2) is 4.57 Å². The van der Waals surface area contributed by atoms with Gasteiger partial charge in [-0.15, -0.1) is 0 Å². The molecule has 348 valence electrons. The molecule has 0 radical (unpaired) electrons. The number of carbonyl (C=O) groups excluding carboxylic acids is 2. The molecule has 0 aliphatic carbocycles. The number of nitrogens with zero attached hydrogens (tertiary/aromatic N) is 1. The molecule has 0 saturated carbocycles. The summed E-state index contributed by atoms with van der Waals surface area (Å²) in [5.41, 5.74) is 0. The number of ether oxygens (including phenoxy) is 2. The number of carbonyl (C=O) groups is 2. The Morgan fingerprint density at radius 3 is 1.42 bits per heavy atom. The largest absolute Gasteiger partial charge is 0.472 e. The monoisotopic (exact) mass is 865 g/mol. The average molecular weight is 865 g/mol. The van der Waals surface area contributed by atoms with Crippen LogP contribution in [0.4, 0.5) is 0 Å². The van der Waals surface area contributed by atoms with Crippen LogP contribution in [-0.4, -0.2) is 74.9 Å². The number of rotatable bonds is 43. The van der Waals surface area contributed by atoms with Crippen LogP contribution in [-0.2, 0) is 32.7 Å². The molecule has 0 aliphatic heterocycles. The molecule has 0 saturated heterocycles.